The number of benzene rings is 3. The monoisotopic (exact) mass is 419 g/mol. The number of carbonyl (C=O) groups is 1. The van der Waals surface area contributed by atoms with Gasteiger partial charge >= 0.3 is 0 Å². The lowest BCUT2D eigenvalue weighted by atomic mass is 9.93. The fourth-order valence-corrected chi connectivity index (χ4v) is 4.08. The number of amides is 1. The van der Waals surface area contributed by atoms with Crippen LogP contribution in [0.4, 0.5) is 0 Å². The summed E-state index contributed by atoms with van der Waals surface area (Å²) in [5, 5.41) is 11.4. The first kappa shape index (κ1) is 18.6. The zero-order valence-corrected chi connectivity index (χ0v) is 16.7. The third-order valence-electron chi connectivity index (χ3n) is 5.36. The first-order valence-corrected chi connectivity index (χ1v) is 9.93. The van der Waals surface area contributed by atoms with Gasteiger partial charge in [-0.1, -0.05) is 60.1 Å². The fourth-order valence-electron chi connectivity index (χ4n) is 3.96. The summed E-state index contributed by atoms with van der Waals surface area (Å²) >= 11 is 6.08. The second kappa shape index (κ2) is 7.43. The van der Waals surface area contributed by atoms with Crippen molar-refractivity contribution in [2.45, 2.75) is 12.6 Å². The van der Waals surface area contributed by atoms with Crippen molar-refractivity contribution in [3.05, 3.63) is 100 Å². The van der Waals surface area contributed by atoms with E-state index in [4.69, 9.17) is 21.1 Å². The van der Waals surface area contributed by atoms with Crippen molar-refractivity contribution in [1.29, 1.82) is 0 Å². The highest BCUT2D eigenvalue weighted by atomic mass is 35.5. The van der Waals surface area contributed by atoms with Gasteiger partial charge in [-0.2, -0.15) is 0 Å². The van der Waals surface area contributed by atoms with Crippen molar-refractivity contribution in [3.63, 3.8) is 0 Å². The molecule has 0 saturated heterocycles. The van der Waals surface area contributed by atoms with Gasteiger partial charge in [0.05, 0.1) is 6.04 Å². The minimum absolute atomic E-state index is 0.190. The number of aliphatic hydroxyl groups excluding tert-OH is 1. The minimum atomic E-state index is -0.442. The van der Waals surface area contributed by atoms with E-state index in [0.29, 0.717) is 28.6 Å². The van der Waals surface area contributed by atoms with Gasteiger partial charge in [-0.3, -0.25) is 4.79 Å². The number of fused-ring (bicyclic) bond motifs is 1. The van der Waals surface area contributed by atoms with Gasteiger partial charge in [0.2, 0.25) is 6.79 Å². The molecule has 2 heterocycles. The van der Waals surface area contributed by atoms with Gasteiger partial charge in [0, 0.05) is 17.1 Å². The van der Waals surface area contributed by atoms with Crippen LogP contribution in [0.25, 0.3) is 5.57 Å². The molecule has 150 valence electrons. The molecule has 5 nitrogen and oxygen atoms in total. The standard InChI is InChI=1S/C24H18ClNO4/c25-18-9-7-17(8-10-18)22-21(16-4-2-1-3-5-16)23(27)24(28)26(22)13-15-6-11-19-20(12-15)30-14-29-19/h1-12,22,27H,13-14H2/t22-/m0/s1. The number of ether oxygens (including phenoxy) is 2. The molecular formula is C24H18ClNO4. The van der Waals surface area contributed by atoms with Gasteiger partial charge in [0.25, 0.3) is 5.91 Å². The molecule has 3 aromatic rings. The lowest BCUT2D eigenvalue weighted by Crippen LogP contribution is -2.29. The van der Waals surface area contributed by atoms with E-state index in [2.05, 4.69) is 0 Å². The quantitative estimate of drug-likeness (QED) is 0.637. The van der Waals surface area contributed by atoms with Crippen LogP contribution in [0.5, 0.6) is 11.5 Å². The van der Waals surface area contributed by atoms with E-state index < -0.39 is 11.9 Å². The Bertz CT molecular complexity index is 1140. The van der Waals surface area contributed by atoms with E-state index in [0.717, 1.165) is 16.7 Å². The molecule has 0 spiro atoms. The molecule has 5 rings (SSSR count). The van der Waals surface area contributed by atoms with Crippen LogP contribution in [0.1, 0.15) is 22.7 Å². The van der Waals surface area contributed by atoms with Crippen LogP contribution in [0.2, 0.25) is 5.02 Å². The van der Waals surface area contributed by atoms with E-state index in [-0.39, 0.29) is 12.6 Å². The summed E-state index contributed by atoms with van der Waals surface area (Å²) in [5.41, 5.74) is 3.14. The Morgan fingerprint density at radius 2 is 1.70 bits per heavy atom. The lowest BCUT2D eigenvalue weighted by molar-refractivity contribution is -0.130. The Morgan fingerprint density at radius 3 is 2.47 bits per heavy atom. The molecule has 30 heavy (non-hydrogen) atoms. The number of aliphatic hydroxyl groups is 1. The smallest absolute Gasteiger partial charge is 0.290 e. The Labute approximate surface area is 178 Å². The van der Waals surface area contributed by atoms with E-state index in [1.807, 2.05) is 60.7 Å². The van der Waals surface area contributed by atoms with Crippen molar-refractivity contribution in [3.8, 4) is 11.5 Å². The molecule has 1 atom stereocenters. The van der Waals surface area contributed by atoms with E-state index in [9.17, 15) is 9.90 Å². The minimum Gasteiger partial charge on any atom is -0.503 e. The predicted molar refractivity (Wildman–Crippen MR) is 113 cm³/mol. The second-order valence-corrected chi connectivity index (χ2v) is 7.64. The third kappa shape index (κ3) is 3.17. The number of carbonyl (C=O) groups excluding carboxylic acids is 1. The zero-order valence-electron chi connectivity index (χ0n) is 15.9. The Balaban J connectivity index is 1.57. The van der Waals surface area contributed by atoms with Crippen LogP contribution in [-0.4, -0.2) is 22.7 Å². The topological polar surface area (TPSA) is 59.0 Å². The first-order chi connectivity index (χ1) is 14.6. The van der Waals surface area contributed by atoms with Gasteiger partial charge < -0.3 is 19.5 Å². The highest BCUT2D eigenvalue weighted by Crippen LogP contribution is 2.44. The lowest BCUT2D eigenvalue weighted by Gasteiger charge is -2.27. The van der Waals surface area contributed by atoms with Crippen LogP contribution < -0.4 is 9.47 Å². The molecule has 0 aliphatic carbocycles. The molecule has 0 saturated carbocycles. The molecule has 1 amide bonds. The molecule has 0 aromatic heterocycles. The third-order valence-corrected chi connectivity index (χ3v) is 5.62. The molecular weight excluding hydrogens is 402 g/mol. The molecule has 2 aliphatic rings. The summed E-state index contributed by atoms with van der Waals surface area (Å²) in [6.07, 6.45) is 0. The van der Waals surface area contributed by atoms with Gasteiger partial charge in [-0.05, 0) is 41.0 Å². The fraction of sp³-hybridized carbons (Fsp3) is 0.125. The van der Waals surface area contributed by atoms with Crippen molar-refractivity contribution < 1.29 is 19.4 Å². The molecule has 3 aromatic carbocycles. The van der Waals surface area contributed by atoms with Crippen molar-refractivity contribution in [1.82, 2.24) is 4.90 Å². The van der Waals surface area contributed by atoms with E-state index >= 15 is 0 Å². The van der Waals surface area contributed by atoms with Crippen LogP contribution in [0.15, 0.2) is 78.6 Å². The average Bonchev–Trinajstić information content (AvgIpc) is 3.33. The van der Waals surface area contributed by atoms with Crippen molar-refractivity contribution in [2.75, 3.05) is 6.79 Å². The number of hydrogen-bond donors (Lipinski definition) is 1. The number of halogens is 1. The maximum atomic E-state index is 13.1. The number of hydrogen-bond acceptors (Lipinski definition) is 4. The second-order valence-electron chi connectivity index (χ2n) is 7.20. The maximum Gasteiger partial charge on any atom is 0.290 e. The molecule has 1 N–H and O–H groups in total. The highest BCUT2D eigenvalue weighted by molar-refractivity contribution is 6.30. The summed E-state index contributed by atoms with van der Waals surface area (Å²) in [4.78, 5) is 14.8. The van der Waals surface area contributed by atoms with Crippen LogP contribution >= 0.6 is 11.6 Å². The summed E-state index contributed by atoms with van der Waals surface area (Å²) in [7, 11) is 0. The Morgan fingerprint density at radius 1 is 0.967 bits per heavy atom. The molecule has 0 unspecified atom stereocenters. The SMILES string of the molecule is O=C1C(O)=C(c2ccccc2)[C@H](c2ccc(Cl)cc2)N1Cc1ccc2c(c1)OCO2. The summed E-state index contributed by atoms with van der Waals surface area (Å²) < 4.78 is 10.8. The average molecular weight is 420 g/mol. The molecule has 2 aliphatic heterocycles. The van der Waals surface area contributed by atoms with Gasteiger partial charge in [0.1, 0.15) is 0 Å². The van der Waals surface area contributed by atoms with Crippen LogP contribution in [0, 0.1) is 0 Å². The molecule has 0 fully saturated rings. The predicted octanol–water partition coefficient (Wildman–Crippen LogP) is 5.12. The van der Waals surface area contributed by atoms with Crippen molar-refractivity contribution in [2.24, 2.45) is 0 Å². The van der Waals surface area contributed by atoms with Gasteiger partial charge in [0.15, 0.2) is 17.3 Å². The molecule has 0 radical (unpaired) electrons. The number of nitrogens with zero attached hydrogens (tertiary/aromatic N) is 1. The number of rotatable bonds is 4. The first-order valence-electron chi connectivity index (χ1n) is 9.55. The largest absolute Gasteiger partial charge is 0.503 e. The van der Waals surface area contributed by atoms with Crippen LogP contribution in [-0.2, 0) is 11.3 Å². The van der Waals surface area contributed by atoms with E-state index in [1.54, 1.807) is 17.0 Å². The van der Waals surface area contributed by atoms with E-state index in [1.165, 1.54) is 0 Å². The van der Waals surface area contributed by atoms with Crippen molar-refractivity contribution >= 4 is 23.1 Å². The highest BCUT2D eigenvalue weighted by Gasteiger charge is 2.41. The zero-order chi connectivity index (χ0) is 20.7. The summed E-state index contributed by atoms with van der Waals surface area (Å²) in [6.45, 7) is 0.499. The summed E-state index contributed by atoms with van der Waals surface area (Å²) in [6, 6.07) is 22.0. The molecule has 0 bridgehead atoms. The normalized spacial score (nSPS) is 17.7. The maximum absolute atomic E-state index is 13.1. The molecule has 6 heteroatoms. The van der Waals surface area contributed by atoms with Gasteiger partial charge in [-0.25, -0.2) is 0 Å². The Hall–Kier alpha value is -3.44. The van der Waals surface area contributed by atoms with Crippen LogP contribution in [0.3, 0.4) is 0 Å². The Kier molecular flexibility index (Phi) is 4.60. The van der Waals surface area contributed by atoms with Gasteiger partial charge in [-0.15, -0.1) is 0 Å². The summed E-state index contributed by atoms with van der Waals surface area (Å²) in [5.74, 6) is 0.697.